The fourth-order valence-electron chi connectivity index (χ4n) is 3.20. The minimum atomic E-state index is -0.0860. The van der Waals surface area contributed by atoms with Gasteiger partial charge >= 0.3 is 0 Å². The van der Waals surface area contributed by atoms with Gasteiger partial charge < -0.3 is 10.1 Å². The van der Waals surface area contributed by atoms with E-state index in [9.17, 15) is 4.79 Å². The average molecular weight is 382 g/mol. The van der Waals surface area contributed by atoms with Crippen LogP contribution in [0, 0.1) is 0 Å². The Bertz CT molecular complexity index is 997. The van der Waals surface area contributed by atoms with Gasteiger partial charge in [-0.25, -0.2) is 4.68 Å². The molecule has 2 heterocycles. The van der Waals surface area contributed by atoms with E-state index in [4.69, 9.17) is 21.4 Å². The van der Waals surface area contributed by atoms with Gasteiger partial charge in [-0.2, -0.15) is 5.10 Å². The number of amides is 1. The summed E-state index contributed by atoms with van der Waals surface area (Å²) >= 11 is 6.25. The van der Waals surface area contributed by atoms with Crippen LogP contribution in [0.15, 0.2) is 48.7 Å². The lowest BCUT2D eigenvalue weighted by Gasteiger charge is -2.17. The van der Waals surface area contributed by atoms with E-state index in [1.165, 1.54) is 12.5 Å². The third kappa shape index (κ3) is 3.83. The van der Waals surface area contributed by atoms with E-state index in [0.717, 1.165) is 47.7 Å². The van der Waals surface area contributed by atoms with Gasteiger partial charge in [0.2, 0.25) is 5.91 Å². The lowest BCUT2D eigenvalue weighted by Crippen LogP contribution is -2.19. The number of hydrogen-bond acceptors (Lipinski definition) is 3. The summed E-state index contributed by atoms with van der Waals surface area (Å²) in [4.78, 5) is 11.2. The molecule has 0 aliphatic carbocycles. The molecule has 0 unspecified atom stereocenters. The predicted molar refractivity (Wildman–Crippen MR) is 105 cm³/mol. The highest BCUT2D eigenvalue weighted by molar-refractivity contribution is 6.31. The zero-order valence-electron chi connectivity index (χ0n) is 15.0. The van der Waals surface area contributed by atoms with Crippen molar-refractivity contribution in [3.63, 3.8) is 0 Å². The highest BCUT2D eigenvalue weighted by Gasteiger charge is 2.12. The first-order valence-corrected chi connectivity index (χ1v) is 9.33. The quantitative estimate of drug-likeness (QED) is 0.738. The highest BCUT2D eigenvalue weighted by Crippen LogP contribution is 2.28. The van der Waals surface area contributed by atoms with Crippen LogP contribution >= 0.6 is 11.6 Å². The fourth-order valence-corrected chi connectivity index (χ4v) is 3.38. The van der Waals surface area contributed by atoms with Crippen molar-refractivity contribution >= 4 is 17.5 Å². The molecule has 4 rings (SSSR count). The Hall–Kier alpha value is -2.79. The van der Waals surface area contributed by atoms with Crippen molar-refractivity contribution in [1.29, 1.82) is 0 Å². The Labute approximate surface area is 162 Å². The Morgan fingerprint density at radius 2 is 2.15 bits per heavy atom. The maximum Gasteiger partial charge on any atom is 0.217 e. The second-order valence-corrected chi connectivity index (χ2v) is 7.01. The molecule has 0 radical (unpaired) electrons. The van der Waals surface area contributed by atoms with E-state index in [-0.39, 0.29) is 5.91 Å². The van der Waals surface area contributed by atoms with E-state index in [0.29, 0.717) is 11.6 Å². The van der Waals surface area contributed by atoms with Crippen LogP contribution in [0.5, 0.6) is 5.75 Å². The Morgan fingerprint density at radius 3 is 3.00 bits per heavy atom. The number of rotatable bonds is 4. The van der Waals surface area contributed by atoms with E-state index >= 15 is 0 Å². The molecule has 0 saturated heterocycles. The molecular formula is C21H20ClN3O2. The Morgan fingerprint density at radius 1 is 1.26 bits per heavy atom. The smallest absolute Gasteiger partial charge is 0.217 e. The van der Waals surface area contributed by atoms with Gasteiger partial charge in [-0.15, -0.1) is 0 Å². The molecule has 1 aliphatic heterocycles. The first-order chi connectivity index (χ1) is 13.1. The summed E-state index contributed by atoms with van der Waals surface area (Å²) in [5.74, 6) is 0.884. The minimum Gasteiger partial charge on any atom is -0.493 e. The van der Waals surface area contributed by atoms with Crippen LogP contribution in [-0.4, -0.2) is 22.3 Å². The molecule has 0 saturated carbocycles. The summed E-state index contributed by atoms with van der Waals surface area (Å²) in [7, 11) is 0. The van der Waals surface area contributed by atoms with Crippen molar-refractivity contribution < 1.29 is 9.53 Å². The van der Waals surface area contributed by atoms with E-state index in [1.54, 1.807) is 0 Å². The number of nitrogens with one attached hydrogen (secondary N) is 1. The number of ether oxygens (including phenoxy) is 1. The SMILES string of the molecule is CC(=O)NCc1cc(-c2ccn(-c3ccc4c(c3)CCCO4)n2)ccc1Cl. The Kier molecular flexibility index (Phi) is 4.86. The van der Waals surface area contributed by atoms with Gasteiger partial charge in [0.1, 0.15) is 5.75 Å². The lowest BCUT2D eigenvalue weighted by atomic mass is 10.1. The van der Waals surface area contributed by atoms with Crippen molar-refractivity contribution in [2.45, 2.75) is 26.3 Å². The van der Waals surface area contributed by atoms with E-state index < -0.39 is 0 Å². The van der Waals surface area contributed by atoms with Crippen LogP contribution in [0.2, 0.25) is 5.02 Å². The molecule has 5 nitrogen and oxygen atoms in total. The Balaban J connectivity index is 1.61. The highest BCUT2D eigenvalue weighted by atomic mass is 35.5. The predicted octanol–water partition coefficient (Wildman–Crippen LogP) is 4.15. The zero-order valence-corrected chi connectivity index (χ0v) is 15.8. The molecule has 1 aliphatic rings. The van der Waals surface area contributed by atoms with Crippen molar-refractivity contribution in [3.8, 4) is 22.7 Å². The minimum absolute atomic E-state index is 0.0860. The molecule has 138 valence electrons. The summed E-state index contributed by atoms with van der Waals surface area (Å²) in [6.45, 7) is 2.67. The summed E-state index contributed by atoms with van der Waals surface area (Å²) in [6, 6.07) is 13.9. The number of fused-ring (bicyclic) bond motifs is 1. The maximum absolute atomic E-state index is 11.2. The molecule has 0 fully saturated rings. The second-order valence-electron chi connectivity index (χ2n) is 6.61. The number of hydrogen-bond donors (Lipinski definition) is 1. The van der Waals surface area contributed by atoms with Crippen molar-refractivity contribution in [3.05, 3.63) is 64.8 Å². The monoisotopic (exact) mass is 381 g/mol. The topological polar surface area (TPSA) is 56.2 Å². The number of benzene rings is 2. The number of aryl methyl sites for hydroxylation is 1. The van der Waals surface area contributed by atoms with Gasteiger partial charge in [0.25, 0.3) is 0 Å². The molecule has 0 atom stereocenters. The van der Waals surface area contributed by atoms with E-state index in [2.05, 4.69) is 11.4 Å². The molecule has 1 aromatic heterocycles. The number of carbonyl (C=O) groups excluding carboxylic acids is 1. The molecule has 27 heavy (non-hydrogen) atoms. The molecule has 3 aromatic rings. The molecule has 0 spiro atoms. The van der Waals surface area contributed by atoms with Gasteiger partial charge in [0.05, 0.1) is 18.0 Å². The van der Waals surface area contributed by atoms with Crippen LogP contribution < -0.4 is 10.1 Å². The van der Waals surface area contributed by atoms with Gasteiger partial charge in [-0.05, 0) is 60.4 Å². The van der Waals surface area contributed by atoms with Crippen LogP contribution in [-0.2, 0) is 17.8 Å². The third-order valence-electron chi connectivity index (χ3n) is 4.61. The first kappa shape index (κ1) is 17.6. The molecule has 2 aromatic carbocycles. The first-order valence-electron chi connectivity index (χ1n) is 8.95. The molecular weight excluding hydrogens is 362 g/mol. The molecule has 6 heteroatoms. The molecule has 1 amide bonds. The maximum atomic E-state index is 11.2. The fraction of sp³-hybridized carbons (Fsp3) is 0.238. The number of carbonyl (C=O) groups is 1. The standard InChI is InChI=1S/C21H20ClN3O2/c1-14(26)23-13-17-11-15(4-6-19(17)22)20-8-9-25(24-20)18-5-7-21-16(12-18)3-2-10-27-21/h4-9,11-12H,2-3,10,13H2,1H3,(H,23,26). The van der Waals surface area contributed by atoms with Crippen molar-refractivity contribution in [2.75, 3.05) is 6.61 Å². The largest absolute Gasteiger partial charge is 0.493 e. The van der Waals surface area contributed by atoms with Crippen LogP contribution in [0.3, 0.4) is 0 Å². The lowest BCUT2D eigenvalue weighted by molar-refractivity contribution is -0.119. The van der Waals surface area contributed by atoms with Gasteiger partial charge in [0, 0.05) is 30.3 Å². The molecule has 1 N–H and O–H groups in total. The van der Waals surface area contributed by atoms with Crippen molar-refractivity contribution in [2.24, 2.45) is 0 Å². The number of nitrogens with zero attached hydrogens (tertiary/aromatic N) is 2. The third-order valence-corrected chi connectivity index (χ3v) is 4.98. The average Bonchev–Trinajstić information content (AvgIpc) is 3.17. The van der Waals surface area contributed by atoms with Crippen LogP contribution in [0.25, 0.3) is 16.9 Å². The number of aromatic nitrogens is 2. The summed E-state index contributed by atoms with van der Waals surface area (Å²) in [5.41, 5.74) is 4.91. The molecule has 0 bridgehead atoms. The summed E-state index contributed by atoms with van der Waals surface area (Å²) < 4.78 is 7.55. The number of halogens is 1. The van der Waals surface area contributed by atoms with Crippen LogP contribution in [0.4, 0.5) is 0 Å². The zero-order chi connectivity index (χ0) is 18.8. The van der Waals surface area contributed by atoms with Gasteiger partial charge in [-0.3, -0.25) is 4.79 Å². The second kappa shape index (κ2) is 7.45. The van der Waals surface area contributed by atoms with Gasteiger partial charge in [-0.1, -0.05) is 17.7 Å². The summed E-state index contributed by atoms with van der Waals surface area (Å²) in [6.07, 6.45) is 4.02. The van der Waals surface area contributed by atoms with Gasteiger partial charge in [0.15, 0.2) is 0 Å². The normalized spacial score (nSPS) is 13.0. The van der Waals surface area contributed by atoms with E-state index in [1.807, 2.05) is 47.3 Å². The van der Waals surface area contributed by atoms with Crippen LogP contribution in [0.1, 0.15) is 24.5 Å². The van der Waals surface area contributed by atoms with Crippen molar-refractivity contribution in [1.82, 2.24) is 15.1 Å². The summed E-state index contributed by atoms with van der Waals surface area (Å²) in [5, 5.41) is 8.12.